The summed E-state index contributed by atoms with van der Waals surface area (Å²) in [4.78, 5) is 17.8. The smallest absolute Gasteiger partial charge is 0.411 e. The molecule has 198 valence electrons. The van der Waals surface area contributed by atoms with Gasteiger partial charge in [-0.3, -0.25) is 9.88 Å². The molecule has 8 nitrogen and oxygen atoms in total. The van der Waals surface area contributed by atoms with E-state index in [1.807, 2.05) is 19.9 Å². The molecule has 1 N–H and O–H groups in total. The fourth-order valence-electron chi connectivity index (χ4n) is 4.13. The average molecular weight is 521 g/mol. The van der Waals surface area contributed by atoms with Gasteiger partial charge >= 0.3 is 6.09 Å². The van der Waals surface area contributed by atoms with Crippen LogP contribution in [0.2, 0.25) is 0 Å². The number of hydrogen-bond donors (Lipinski definition) is 1. The van der Waals surface area contributed by atoms with E-state index in [1.54, 1.807) is 56.8 Å². The van der Waals surface area contributed by atoms with Crippen LogP contribution >= 0.6 is 0 Å². The molecule has 1 heterocycles. The third-order valence-electron chi connectivity index (χ3n) is 6.25. The SMILES string of the molecule is COc1cc2nccc(Oc3ccc(N(CCCOc4cccc(F)c4)C(=O)O)c(C)c3C)c2cc1OC. The number of carbonyl (C=O) groups is 1. The van der Waals surface area contributed by atoms with Crippen molar-refractivity contribution in [3.8, 4) is 28.7 Å². The molecule has 0 radical (unpaired) electrons. The first-order chi connectivity index (χ1) is 18.3. The monoisotopic (exact) mass is 520 g/mol. The Morgan fingerprint density at radius 2 is 1.71 bits per heavy atom. The number of benzene rings is 3. The third kappa shape index (κ3) is 5.72. The van der Waals surface area contributed by atoms with Crippen molar-refractivity contribution < 1.29 is 33.2 Å². The number of fused-ring (bicyclic) bond motifs is 1. The lowest BCUT2D eigenvalue weighted by molar-refractivity contribution is 0.201. The van der Waals surface area contributed by atoms with Gasteiger partial charge in [-0.25, -0.2) is 9.18 Å². The van der Waals surface area contributed by atoms with Crippen LogP contribution in [0.4, 0.5) is 14.9 Å². The molecule has 0 aliphatic carbocycles. The highest BCUT2D eigenvalue weighted by Crippen LogP contribution is 2.39. The van der Waals surface area contributed by atoms with Gasteiger partial charge in [0.2, 0.25) is 0 Å². The van der Waals surface area contributed by atoms with Gasteiger partial charge in [0.05, 0.1) is 32.0 Å². The van der Waals surface area contributed by atoms with Crippen molar-refractivity contribution in [1.82, 2.24) is 4.98 Å². The van der Waals surface area contributed by atoms with Gasteiger partial charge in [-0.05, 0) is 67.8 Å². The number of hydrogen-bond acceptors (Lipinski definition) is 6. The summed E-state index contributed by atoms with van der Waals surface area (Å²) < 4.78 is 36.0. The summed E-state index contributed by atoms with van der Waals surface area (Å²) in [5.41, 5.74) is 2.81. The second-order valence-electron chi connectivity index (χ2n) is 8.56. The van der Waals surface area contributed by atoms with Crippen LogP contribution < -0.4 is 23.8 Å². The van der Waals surface area contributed by atoms with Crippen molar-refractivity contribution in [2.75, 3.05) is 32.3 Å². The molecular formula is C29H29FN2O6. The van der Waals surface area contributed by atoms with Crippen LogP contribution in [0.3, 0.4) is 0 Å². The minimum absolute atomic E-state index is 0.210. The van der Waals surface area contributed by atoms with Crippen LogP contribution in [0.5, 0.6) is 28.7 Å². The lowest BCUT2D eigenvalue weighted by Crippen LogP contribution is -2.31. The number of rotatable bonds is 10. The van der Waals surface area contributed by atoms with E-state index < -0.39 is 6.09 Å². The summed E-state index contributed by atoms with van der Waals surface area (Å²) in [6.07, 6.45) is 1.000. The quantitative estimate of drug-likeness (QED) is 0.231. The molecule has 0 fully saturated rings. The van der Waals surface area contributed by atoms with Crippen molar-refractivity contribution in [2.45, 2.75) is 20.3 Å². The summed E-state index contributed by atoms with van der Waals surface area (Å²) in [6.45, 7) is 4.20. The van der Waals surface area contributed by atoms with Crippen LogP contribution in [0.25, 0.3) is 10.9 Å². The minimum Gasteiger partial charge on any atom is -0.493 e. The topological polar surface area (TPSA) is 90.4 Å². The van der Waals surface area contributed by atoms with Gasteiger partial charge in [-0.1, -0.05) is 6.07 Å². The Morgan fingerprint density at radius 3 is 2.42 bits per heavy atom. The first-order valence-corrected chi connectivity index (χ1v) is 12.0. The predicted octanol–water partition coefficient (Wildman–Crippen LogP) is 6.75. The predicted molar refractivity (Wildman–Crippen MR) is 143 cm³/mol. The van der Waals surface area contributed by atoms with Gasteiger partial charge in [0.25, 0.3) is 0 Å². The number of pyridine rings is 1. The zero-order valence-electron chi connectivity index (χ0n) is 21.7. The van der Waals surface area contributed by atoms with E-state index in [0.717, 1.165) is 16.5 Å². The van der Waals surface area contributed by atoms with E-state index in [4.69, 9.17) is 18.9 Å². The van der Waals surface area contributed by atoms with Crippen molar-refractivity contribution in [1.29, 1.82) is 0 Å². The third-order valence-corrected chi connectivity index (χ3v) is 6.25. The van der Waals surface area contributed by atoms with Crippen molar-refractivity contribution >= 4 is 22.7 Å². The molecular weight excluding hydrogens is 491 g/mol. The second-order valence-corrected chi connectivity index (χ2v) is 8.56. The molecule has 3 aromatic carbocycles. The molecule has 0 spiro atoms. The number of methoxy groups -OCH3 is 2. The first kappa shape index (κ1) is 26.5. The number of halogens is 1. The summed E-state index contributed by atoms with van der Waals surface area (Å²) >= 11 is 0. The molecule has 0 bridgehead atoms. The van der Waals surface area contributed by atoms with Gasteiger partial charge < -0.3 is 24.1 Å². The molecule has 4 rings (SSSR count). The van der Waals surface area contributed by atoms with Crippen LogP contribution in [0, 0.1) is 19.7 Å². The van der Waals surface area contributed by atoms with E-state index in [2.05, 4.69) is 4.98 Å². The van der Waals surface area contributed by atoms with E-state index in [1.165, 1.54) is 17.0 Å². The normalized spacial score (nSPS) is 10.8. The van der Waals surface area contributed by atoms with Gasteiger partial charge in [0, 0.05) is 30.3 Å². The average Bonchev–Trinajstić information content (AvgIpc) is 2.91. The summed E-state index contributed by atoms with van der Waals surface area (Å²) in [6, 6.07) is 14.7. The van der Waals surface area contributed by atoms with E-state index >= 15 is 0 Å². The molecule has 0 atom stereocenters. The van der Waals surface area contributed by atoms with E-state index in [0.29, 0.717) is 46.4 Å². The molecule has 9 heteroatoms. The van der Waals surface area contributed by atoms with Gasteiger partial charge in [0.15, 0.2) is 11.5 Å². The Morgan fingerprint density at radius 1 is 0.947 bits per heavy atom. The standard InChI is InChI=1S/C29H29FN2O6/c1-18-19(2)25(38-26-11-12-31-23-17-28(36-4)27(35-3)16-22(23)26)10-9-24(18)32(29(33)34)13-6-14-37-21-8-5-7-20(30)15-21/h5,7-12,15-17H,6,13-14H2,1-4H3,(H,33,34). The number of ether oxygens (including phenoxy) is 4. The maximum absolute atomic E-state index is 13.3. The summed E-state index contributed by atoms with van der Waals surface area (Å²) in [5, 5.41) is 10.6. The van der Waals surface area contributed by atoms with E-state index in [9.17, 15) is 14.3 Å². The fraction of sp³-hybridized carbons (Fsp3) is 0.241. The molecule has 1 amide bonds. The molecule has 0 aliphatic heterocycles. The van der Waals surface area contributed by atoms with Crippen molar-refractivity contribution in [3.63, 3.8) is 0 Å². The minimum atomic E-state index is -1.08. The molecule has 38 heavy (non-hydrogen) atoms. The van der Waals surface area contributed by atoms with Crippen molar-refractivity contribution in [3.05, 3.63) is 77.7 Å². The Labute approximate surface area is 220 Å². The van der Waals surface area contributed by atoms with Crippen LogP contribution in [0.1, 0.15) is 17.5 Å². The van der Waals surface area contributed by atoms with Gasteiger partial charge in [0.1, 0.15) is 23.1 Å². The number of amides is 1. The molecule has 0 unspecified atom stereocenters. The highest BCUT2D eigenvalue weighted by molar-refractivity contribution is 5.89. The van der Waals surface area contributed by atoms with Crippen LogP contribution in [-0.4, -0.2) is 43.6 Å². The first-order valence-electron chi connectivity index (χ1n) is 12.0. The van der Waals surface area contributed by atoms with Crippen LogP contribution in [-0.2, 0) is 0 Å². The van der Waals surface area contributed by atoms with Gasteiger partial charge in [-0.2, -0.15) is 0 Å². The number of aromatic nitrogens is 1. The van der Waals surface area contributed by atoms with Gasteiger partial charge in [-0.15, -0.1) is 0 Å². The number of anilines is 1. The highest BCUT2D eigenvalue weighted by Gasteiger charge is 2.20. The zero-order valence-corrected chi connectivity index (χ0v) is 21.7. The van der Waals surface area contributed by atoms with Crippen molar-refractivity contribution in [2.24, 2.45) is 0 Å². The lowest BCUT2D eigenvalue weighted by Gasteiger charge is -2.23. The molecule has 4 aromatic rings. The largest absolute Gasteiger partial charge is 0.493 e. The molecule has 0 saturated heterocycles. The highest BCUT2D eigenvalue weighted by atomic mass is 19.1. The Balaban J connectivity index is 1.53. The Kier molecular flexibility index (Phi) is 8.15. The lowest BCUT2D eigenvalue weighted by atomic mass is 10.1. The summed E-state index contributed by atoms with van der Waals surface area (Å²) in [5.74, 6) is 2.31. The van der Waals surface area contributed by atoms with E-state index in [-0.39, 0.29) is 19.0 Å². The molecule has 1 aromatic heterocycles. The maximum atomic E-state index is 13.3. The van der Waals surface area contributed by atoms with Crippen LogP contribution in [0.15, 0.2) is 60.8 Å². The number of nitrogens with zero attached hydrogens (tertiary/aromatic N) is 2. The zero-order chi connectivity index (χ0) is 27.2. The molecule has 0 aliphatic rings. The molecule has 0 saturated carbocycles. The maximum Gasteiger partial charge on any atom is 0.411 e. The second kappa shape index (κ2) is 11.7. The fourth-order valence-corrected chi connectivity index (χ4v) is 4.13. The summed E-state index contributed by atoms with van der Waals surface area (Å²) in [7, 11) is 3.13. The Bertz CT molecular complexity index is 1460. The Hall–Kier alpha value is -4.53. The number of carboxylic acid groups (broad SMARTS) is 1.